The Labute approximate surface area is 347 Å². The van der Waals surface area contributed by atoms with Crippen LogP contribution in [0.25, 0.3) is 32.2 Å². The highest BCUT2D eigenvalue weighted by Gasteiger charge is 2.49. The number of thiazole rings is 1. The average molecular weight is 868 g/mol. The summed E-state index contributed by atoms with van der Waals surface area (Å²) in [6.07, 6.45) is -5.65. The summed E-state index contributed by atoms with van der Waals surface area (Å²) < 4.78 is 93.3. The van der Waals surface area contributed by atoms with Gasteiger partial charge >= 0.3 is 24.4 Å². The van der Waals surface area contributed by atoms with E-state index in [9.17, 15) is 14.0 Å². The highest BCUT2D eigenvalue weighted by molar-refractivity contribution is 7.22. The molecule has 2 aromatic carbocycles. The van der Waals surface area contributed by atoms with Crippen LogP contribution in [0.3, 0.4) is 0 Å². The second-order valence-corrected chi connectivity index (χ2v) is 19.0. The van der Waals surface area contributed by atoms with Crippen LogP contribution in [-0.4, -0.2) is 105 Å². The Morgan fingerprint density at radius 1 is 0.983 bits per heavy atom. The SMILES string of the molecule is C[C@@H]1CN(c2nc(OC[C@@]34CCCN3C[C@H](F)C4)nc3c(Cl)c(-c4ccc(F)c5sc(NC(=O)OC(C)(C)C)nc45)c(C(F)(F)F)cc23)[C@@H](C)CN1C(=O)OC(C)(C)C. The van der Waals surface area contributed by atoms with E-state index in [4.69, 9.17) is 30.8 Å². The molecule has 0 radical (unpaired) electrons. The molecule has 0 aliphatic carbocycles. The molecule has 7 rings (SSSR count). The number of aromatic nitrogens is 3. The molecule has 2 aromatic heterocycles. The average Bonchev–Trinajstić information content (AvgIpc) is 3.79. The monoisotopic (exact) mass is 867 g/mol. The van der Waals surface area contributed by atoms with E-state index in [2.05, 4.69) is 20.2 Å². The van der Waals surface area contributed by atoms with Gasteiger partial charge in [-0.05, 0) is 93.0 Å². The molecular formula is C40H47ClF5N7O5S. The van der Waals surface area contributed by atoms with Crippen LogP contribution in [0.15, 0.2) is 18.2 Å². The van der Waals surface area contributed by atoms with Gasteiger partial charge < -0.3 is 24.0 Å². The van der Waals surface area contributed by atoms with Crippen molar-refractivity contribution in [2.75, 3.05) is 43.0 Å². The lowest BCUT2D eigenvalue weighted by atomic mass is 9.95. The van der Waals surface area contributed by atoms with E-state index < -0.39 is 75.3 Å². The van der Waals surface area contributed by atoms with Gasteiger partial charge in [0.25, 0.3) is 0 Å². The lowest BCUT2D eigenvalue weighted by molar-refractivity contribution is -0.137. The minimum absolute atomic E-state index is 0.0344. The third-order valence-corrected chi connectivity index (χ3v) is 12.0. The van der Waals surface area contributed by atoms with Crippen molar-refractivity contribution in [3.05, 3.63) is 34.6 Å². The zero-order valence-electron chi connectivity index (χ0n) is 34.0. The van der Waals surface area contributed by atoms with Crippen molar-refractivity contribution in [1.82, 2.24) is 24.8 Å². The van der Waals surface area contributed by atoms with Gasteiger partial charge in [0.05, 0.1) is 31.9 Å². The van der Waals surface area contributed by atoms with Gasteiger partial charge in [-0.25, -0.2) is 23.4 Å². The van der Waals surface area contributed by atoms with Gasteiger partial charge in [-0.2, -0.15) is 23.1 Å². The normalized spacial score (nSPS) is 22.9. The van der Waals surface area contributed by atoms with Crippen LogP contribution in [0.5, 0.6) is 6.01 Å². The first-order chi connectivity index (χ1) is 27.4. The van der Waals surface area contributed by atoms with Gasteiger partial charge in [0.15, 0.2) is 5.13 Å². The van der Waals surface area contributed by atoms with Crippen molar-refractivity contribution < 1.29 is 45.8 Å². The molecule has 1 N–H and O–H groups in total. The summed E-state index contributed by atoms with van der Waals surface area (Å²) in [5.74, 6) is -0.690. The number of nitrogens with zero attached hydrogens (tertiary/aromatic N) is 6. The number of ether oxygens (including phenoxy) is 3. The quantitative estimate of drug-likeness (QED) is 0.188. The molecule has 0 unspecified atom stereocenters. The second kappa shape index (κ2) is 15.3. The molecule has 4 aromatic rings. The molecule has 320 valence electrons. The van der Waals surface area contributed by atoms with Crippen molar-refractivity contribution in [1.29, 1.82) is 0 Å². The molecule has 4 atom stereocenters. The highest BCUT2D eigenvalue weighted by Crippen LogP contribution is 2.49. The van der Waals surface area contributed by atoms with Crippen LogP contribution in [-0.2, 0) is 15.7 Å². The maximum atomic E-state index is 15.4. The molecular weight excluding hydrogens is 821 g/mol. The maximum absolute atomic E-state index is 15.4. The highest BCUT2D eigenvalue weighted by atomic mass is 35.5. The smallest absolute Gasteiger partial charge is 0.417 e. The van der Waals surface area contributed by atoms with Crippen molar-refractivity contribution in [2.24, 2.45) is 0 Å². The molecule has 2 amide bonds. The Kier molecular flexibility index (Phi) is 11.1. The number of carbonyl (C=O) groups is 2. The summed E-state index contributed by atoms with van der Waals surface area (Å²) in [5.41, 5.74) is -4.32. The molecule has 59 heavy (non-hydrogen) atoms. The summed E-state index contributed by atoms with van der Waals surface area (Å²) in [5, 5.41) is 1.86. The summed E-state index contributed by atoms with van der Waals surface area (Å²) >= 11 is 7.82. The van der Waals surface area contributed by atoms with Crippen molar-refractivity contribution in [2.45, 2.75) is 116 Å². The number of rotatable bonds is 6. The van der Waals surface area contributed by atoms with E-state index in [-0.39, 0.29) is 76.3 Å². The zero-order chi connectivity index (χ0) is 43.0. The topological polar surface area (TPSA) is 122 Å². The fourth-order valence-corrected chi connectivity index (χ4v) is 9.46. The van der Waals surface area contributed by atoms with E-state index in [0.29, 0.717) is 13.0 Å². The van der Waals surface area contributed by atoms with Gasteiger partial charge in [0.1, 0.15) is 35.6 Å². The van der Waals surface area contributed by atoms with Crippen LogP contribution in [0.1, 0.15) is 80.2 Å². The molecule has 0 saturated carbocycles. The zero-order valence-corrected chi connectivity index (χ0v) is 35.6. The molecule has 3 fully saturated rings. The van der Waals surface area contributed by atoms with Crippen molar-refractivity contribution in [3.8, 4) is 17.1 Å². The van der Waals surface area contributed by atoms with Crippen LogP contribution in [0, 0.1) is 5.82 Å². The van der Waals surface area contributed by atoms with Gasteiger partial charge in [-0.3, -0.25) is 10.2 Å². The molecule has 19 heteroatoms. The number of fused-ring (bicyclic) bond motifs is 3. The van der Waals surface area contributed by atoms with Crippen molar-refractivity contribution >= 4 is 67.2 Å². The van der Waals surface area contributed by atoms with E-state index in [1.54, 1.807) is 58.3 Å². The van der Waals surface area contributed by atoms with Crippen molar-refractivity contribution in [3.63, 3.8) is 0 Å². The Hall–Kier alpha value is -4.29. The Morgan fingerprint density at radius 3 is 2.37 bits per heavy atom. The van der Waals surface area contributed by atoms with E-state index in [1.165, 1.54) is 0 Å². The standard InChI is InChI=1S/C40H47ClF5N7O5S/c1-20-17-53(36(55)58-38(6,7)8)21(2)16-52(20)32-24-14-25(40(44,45)46)27(23-10-11-26(43)31-30(23)48-34(59-31)50-35(54)57-37(3,4)5)28(41)29(24)47-33(49-32)56-19-39-12-9-13-51(39)18-22(42)15-39/h10-11,14,20-22H,9,12-13,15-19H2,1-8H3,(H,48,50,54)/t20-,21+,22+,39-/m0/s1. The second-order valence-electron chi connectivity index (χ2n) is 17.6. The van der Waals surface area contributed by atoms with Crippen LogP contribution in [0.4, 0.5) is 42.5 Å². The minimum Gasteiger partial charge on any atom is -0.461 e. The van der Waals surface area contributed by atoms with Crippen LogP contribution >= 0.6 is 22.9 Å². The number of alkyl halides is 4. The number of hydrogen-bond donors (Lipinski definition) is 1. The maximum Gasteiger partial charge on any atom is 0.417 e. The Morgan fingerprint density at radius 2 is 1.69 bits per heavy atom. The molecule has 3 aliphatic rings. The first-order valence-corrected chi connectivity index (χ1v) is 20.6. The molecule has 3 saturated heterocycles. The molecule has 0 spiro atoms. The molecule has 5 heterocycles. The predicted octanol–water partition coefficient (Wildman–Crippen LogP) is 9.85. The first-order valence-electron chi connectivity index (χ1n) is 19.4. The lowest BCUT2D eigenvalue weighted by Gasteiger charge is -2.45. The fourth-order valence-electron chi connectivity index (χ4n) is 8.23. The molecule has 12 nitrogen and oxygen atoms in total. The number of anilines is 2. The molecule has 0 bridgehead atoms. The fraction of sp³-hybridized carbons (Fsp3) is 0.575. The summed E-state index contributed by atoms with van der Waals surface area (Å²) in [6, 6.07) is 1.95. The van der Waals surface area contributed by atoms with Gasteiger partial charge in [-0.1, -0.05) is 22.9 Å². The third kappa shape index (κ3) is 8.67. The number of hydrogen-bond acceptors (Lipinski definition) is 11. The molecule has 3 aliphatic heterocycles. The van der Waals surface area contributed by atoms with Gasteiger partial charge in [-0.15, -0.1) is 0 Å². The summed E-state index contributed by atoms with van der Waals surface area (Å²) in [6.45, 7) is 15.2. The number of nitrogens with one attached hydrogen (secondary N) is 1. The lowest BCUT2D eigenvalue weighted by Crippen LogP contribution is -2.59. The van der Waals surface area contributed by atoms with Gasteiger partial charge in [0.2, 0.25) is 0 Å². The van der Waals surface area contributed by atoms with Gasteiger partial charge in [0, 0.05) is 54.7 Å². The number of piperazine rings is 1. The van der Waals surface area contributed by atoms with E-state index >= 15 is 17.6 Å². The predicted molar refractivity (Wildman–Crippen MR) is 216 cm³/mol. The first kappa shape index (κ1) is 42.8. The summed E-state index contributed by atoms with van der Waals surface area (Å²) in [4.78, 5) is 44.9. The number of benzene rings is 2. The minimum atomic E-state index is -5.00. The van der Waals surface area contributed by atoms with E-state index in [1.807, 2.05) is 6.92 Å². The number of halogens is 6. The number of carbonyl (C=O) groups excluding carboxylic acids is 2. The number of amides is 2. The largest absolute Gasteiger partial charge is 0.461 e. The Balaban J connectivity index is 1.38. The Bertz CT molecular complexity index is 2300. The third-order valence-electron chi connectivity index (χ3n) is 10.7. The van der Waals surface area contributed by atoms with Crippen LogP contribution in [0.2, 0.25) is 5.02 Å². The van der Waals surface area contributed by atoms with E-state index in [0.717, 1.165) is 36.0 Å². The summed E-state index contributed by atoms with van der Waals surface area (Å²) in [7, 11) is 0. The van der Waals surface area contributed by atoms with Crippen LogP contribution < -0.4 is 15.0 Å².